The highest BCUT2D eigenvalue weighted by molar-refractivity contribution is 7.98. The smallest absolute Gasteiger partial charge is 0.271 e. The highest BCUT2D eigenvalue weighted by Gasteiger charge is 2.12. The molecule has 2 N–H and O–H groups in total. The minimum absolute atomic E-state index is 0.216. The Morgan fingerprint density at radius 3 is 2.84 bits per heavy atom. The zero-order chi connectivity index (χ0) is 14.1. The number of thioether (sulfide) groups is 1. The SMILES string of the molecule is CNc1ccc(Cl)c(C(=O)NCCCCCSC)n1. The van der Waals surface area contributed by atoms with Gasteiger partial charge in [0, 0.05) is 13.6 Å². The van der Waals surface area contributed by atoms with Gasteiger partial charge in [-0.05, 0) is 37.0 Å². The molecule has 0 saturated carbocycles. The topological polar surface area (TPSA) is 54.0 Å². The molecule has 0 aliphatic carbocycles. The second-order valence-corrected chi connectivity index (χ2v) is 5.48. The highest BCUT2D eigenvalue weighted by Crippen LogP contribution is 2.16. The van der Waals surface area contributed by atoms with Crippen LogP contribution in [0.4, 0.5) is 5.82 Å². The Balaban J connectivity index is 2.40. The van der Waals surface area contributed by atoms with Crippen molar-refractivity contribution in [2.75, 3.05) is 30.9 Å². The Labute approximate surface area is 123 Å². The maximum Gasteiger partial charge on any atom is 0.271 e. The first-order valence-electron chi connectivity index (χ1n) is 6.30. The molecule has 0 atom stereocenters. The van der Waals surface area contributed by atoms with Gasteiger partial charge in [0.15, 0.2) is 0 Å². The third-order valence-corrected chi connectivity index (χ3v) is 3.63. The second kappa shape index (κ2) is 9.04. The number of anilines is 1. The average Bonchev–Trinajstić information content (AvgIpc) is 2.43. The first-order chi connectivity index (χ1) is 9.19. The molecule has 1 heterocycles. The normalized spacial score (nSPS) is 10.3. The molecule has 4 nitrogen and oxygen atoms in total. The average molecular weight is 302 g/mol. The highest BCUT2D eigenvalue weighted by atomic mass is 35.5. The van der Waals surface area contributed by atoms with E-state index in [0.717, 1.165) is 12.8 Å². The van der Waals surface area contributed by atoms with E-state index in [-0.39, 0.29) is 11.6 Å². The standard InChI is InChI=1S/C13H20ClN3OS/c1-15-11-7-6-10(14)12(17-11)13(18)16-8-4-3-5-9-19-2/h6-7H,3-5,8-9H2,1-2H3,(H,15,17)(H,16,18). The zero-order valence-electron chi connectivity index (χ0n) is 11.3. The minimum Gasteiger partial charge on any atom is -0.373 e. The zero-order valence-corrected chi connectivity index (χ0v) is 12.9. The van der Waals surface area contributed by atoms with Crippen LogP contribution in [0.2, 0.25) is 5.02 Å². The first kappa shape index (κ1) is 16.1. The summed E-state index contributed by atoms with van der Waals surface area (Å²) in [6.45, 7) is 0.662. The third-order valence-electron chi connectivity index (χ3n) is 2.63. The number of pyridine rings is 1. The van der Waals surface area contributed by atoms with E-state index in [1.807, 2.05) is 11.8 Å². The van der Waals surface area contributed by atoms with Gasteiger partial charge in [0.2, 0.25) is 0 Å². The largest absolute Gasteiger partial charge is 0.373 e. The van der Waals surface area contributed by atoms with Crippen molar-refractivity contribution in [3.05, 3.63) is 22.8 Å². The van der Waals surface area contributed by atoms with Crippen molar-refractivity contribution in [2.45, 2.75) is 19.3 Å². The van der Waals surface area contributed by atoms with E-state index in [1.54, 1.807) is 19.2 Å². The molecule has 1 amide bonds. The maximum atomic E-state index is 11.9. The lowest BCUT2D eigenvalue weighted by Gasteiger charge is -2.07. The van der Waals surface area contributed by atoms with Gasteiger partial charge >= 0.3 is 0 Å². The molecular weight excluding hydrogens is 282 g/mol. The Morgan fingerprint density at radius 1 is 1.37 bits per heavy atom. The van der Waals surface area contributed by atoms with Crippen LogP contribution in [0.1, 0.15) is 29.8 Å². The Hall–Kier alpha value is -0.940. The van der Waals surface area contributed by atoms with Crippen LogP contribution >= 0.6 is 23.4 Å². The van der Waals surface area contributed by atoms with Gasteiger partial charge in [0.25, 0.3) is 5.91 Å². The summed E-state index contributed by atoms with van der Waals surface area (Å²) in [6.07, 6.45) is 5.39. The monoisotopic (exact) mass is 301 g/mol. The van der Waals surface area contributed by atoms with Gasteiger partial charge in [0.1, 0.15) is 11.5 Å². The lowest BCUT2D eigenvalue weighted by atomic mass is 10.2. The van der Waals surface area contributed by atoms with E-state index in [0.29, 0.717) is 17.4 Å². The minimum atomic E-state index is -0.216. The molecule has 0 fully saturated rings. The molecule has 0 aliphatic heterocycles. The Bertz CT molecular complexity index is 415. The van der Waals surface area contributed by atoms with E-state index >= 15 is 0 Å². The lowest BCUT2D eigenvalue weighted by molar-refractivity contribution is 0.0948. The van der Waals surface area contributed by atoms with Crippen molar-refractivity contribution < 1.29 is 4.79 Å². The van der Waals surface area contributed by atoms with Crippen molar-refractivity contribution in [1.82, 2.24) is 10.3 Å². The van der Waals surface area contributed by atoms with Gasteiger partial charge in [-0.15, -0.1) is 0 Å². The summed E-state index contributed by atoms with van der Waals surface area (Å²) in [7, 11) is 1.75. The number of nitrogens with zero attached hydrogens (tertiary/aromatic N) is 1. The van der Waals surface area contributed by atoms with Gasteiger partial charge < -0.3 is 10.6 Å². The molecule has 1 rings (SSSR count). The number of carbonyl (C=O) groups excluding carboxylic acids is 1. The van der Waals surface area contributed by atoms with Gasteiger partial charge in [-0.25, -0.2) is 4.98 Å². The molecular formula is C13H20ClN3OS. The molecule has 6 heteroatoms. The van der Waals surface area contributed by atoms with Crippen LogP contribution in [0.25, 0.3) is 0 Å². The molecule has 19 heavy (non-hydrogen) atoms. The van der Waals surface area contributed by atoms with Gasteiger partial charge in [0.05, 0.1) is 5.02 Å². The number of hydrogen-bond donors (Lipinski definition) is 2. The number of nitrogens with one attached hydrogen (secondary N) is 2. The summed E-state index contributed by atoms with van der Waals surface area (Å²) in [6, 6.07) is 3.41. The van der Waals surface area contributed by atoms with Crippen molar-refractivity contribution in [2.24, 2.45) is 0 Å². The lowest BCUT2D eigenvalue weighted by Crippen LogP contribution is -2.26. The van der Waals surface area contributed by atoms with Crippen LogP contribution in [-0.2, 0) is 0 Å². The molecule has 0 saturated heterocycles. The maximum absolute atomic E-state index is 11.9. The van der Waals surface area contributed by atoms with Crippen LogP contribution < -0.4 is 10.6 Å². The summed E-state index contributed by atoms with van der Waals surface area (Å²) in [4.78, 5) is 16.1. The van der Waals surface area contributed by atoms with Crippen molar-refractivity contribution in [3.8, 4) is 0 Å². The van der Waals surface area contributed by atoms with Crippen LogP contribution in [0.5, 0.6) is 0 Å². The van der Waals surface area contributed by atoms with E-state index in [9.17, 15) is 4.79 Å². The summed E-state index contributed by atoms with van der Waals surface area (Å²) in [5.74, 6) is 1.59. The van der Waals surface area contributed by atoms with Crippen LogP contribution in [-0.4, -0.2) is 36.5 Å². The summed E-state index contributed by atoms with van der Waals surface area (Å²) in [5.41, 5.74) is 0.276. The molecule has 0 spiro atoms. The Morgan fingerprint density at radius 2 is 2.16 bits per heavy atom. The van der Waals surface area contributed by atoms with Crippen molar-refractivity contribution >= 4 is 35.1 Å². The summed E-state index contributed by atoms with van der Waals surface area (Å²) in [5, 5.41) is 6.11. The number of amides is 1. The molecule has 0 aliphatic rings. The van der Waals surface area contributed by atoms with E-state index in [4.69, 9.17) is 11.6 Å². The first-order valence-corrected chi connectivity index (χ1v) is 8.07. The van der Waals surface area contributed by atoms with Gasteiger partial charge in [-0.2, -0.15) is 11.8 Å². The number of carbonyl (C=O) groups is 1. The predicted octanol–water partition coefficient (Wildman–Crippen LogP) is 3.04. The number of aromatic nitrogens is 1. The summed E-state index contributed by atoms with van der Waals surface area (Å²) < 4.78 is 0. The molecule has 0 unspecified atom stereocenters. The fourth-order valence-electron chi connectivity index (χ4n) is 1.57. The van der Waals surface area contributed by atoms with Gasteiger partial charge in [-0.3, -0.25) is 4.79 Å². The Kier molecular flexibility index (Phi) is 7.67. The fraction of sp³-hybridized carbons (Fsp3) is 0.538. The quantitative estimate of drug-likeness (QED) is 0.725. The predicted molar refractivity (Wildman–Crippen MR) is 83.4 cm³/mol. The van der Waals surface area contributed by atoms with E-state index in [2.05, 4.69) is 21.9 Å². The van der Waals surface area contributed by atoms with Crippen LogP contribution in [0.15, 0.2) is 12.1 Å². The van der Waals surface area contributed by atoms with Crippen LogP contribution in [0, 0.1) is 0 Å². The van der Waals surface area contributed by atoms with Gasteiger partial charge in [-0.1, -0.05) is 18.0 Å². The molecule has 1 aromatic rings. The molecule has 1 aromatic heterocycles. The van der Waals surface area contributed by atoms with Crippen molar-refractivity contribution in [3.63, 3.8) is 0 Å². The fourth-order valence-corrected chi connectivity index (χ4v) is 2.26. The summed E-state index contributed by atoms with van der Waals surface area (Å²) >= 11 is 7.82. The number of halogens is 1. The molecule has 106 valence electrons. The number of unbranched alkanes of at least 4 members (excludes halogenated alkanes) is 2. The molecule has 0 radical (unpaired) electrons. The number of hydrogen-bond acceptors (Lipinski definition) is 4. The van der Waals surface area contributed by atoms with Crippen molar-refractivity contribution in [1.29, 1.82) is 0 Å². The second-order valence-electron chi connectivity index (χ2n) is 4.09. The molecule has 0 bridgehead atoms. The van der Waals surface area contributed by atoms with Crippen LogP contribution in [0.3, 0.4) is 0 Å². The third kappa shape index (κ3) is 5.70. The number of rotatable bonds is 8. The van der Waals surface area contributed by atoms with E-state index < -0.39 is 0 Å². The molecule has 0 aromatic carbocycles. The van der Waals surface area contributed by atoms with E-state index in [1.165, 1.54) is 12.2 Å².